The highest BCUT2D eigenvalue weighted by Crippen LogP contribution is 2.67. The topological polar surface area (TPSA) is 49.7 Å². The Hall–Kier alpha value is -1.04. The zero-order valence-electron chi connectivity index (χ0n) is 15.9. The van der Waals surface area contributed by atoms with Crippen LogP contribution in [0, 0.1) is 5.92 Å². The molecule has 5 aliphatic rings. The van der Waals surface area contributed by atoms with Gasteiger partial charge in [0.25, 0.3) is 0 Å². The van der Waals surface area contributed by atoms with E-state index < -0.39 is 11.0 Å². The SMILES string of the molecule is C=C1CC[C@@]2(O)[C@H]3Cc4ccc(O)c5c4[C@@]2(CC[N+]3(C)CC2CC2)[C@H]1O5.[Br-]. The number of phenolic OH excluding ortho intramolecular Hbond substituents is 1. The predicted octanol–water partition coefficient (Wildman–Crippen LogP) is -0.339. The number of benzene rings is 1. The van der Waals surface area contributed by atoms with E-state index in [0.717, 1.165) is 53.8 Å². The first kappa shape index (κ1) is 18.0. The molecule has 6 rings (SSSR count). The minimum absolute atomic E-state index is 0. The maximum atomic E-state index is 12.3. The molecule has 4 nitrogen and oxygen atoms in total. The molecule has 146 valence electrons. The van der Waals surface area contributed by atoms with E-state index in [1.807, 2.05) is 0 Å². The Morgan fingerprint density at radius 2 is 2.07 bits per heavy atom. The lowest BCUT2D eigenvalue weighted by atomic mass is 9.48. The summed E-state index contributed by atoms with van der Waals surface area (Å²) in [5.41, 5.74) is 2.25. The van der Waals surface area contributed by atoms with E-state index in [0.29, 0.717) is 5.75 Å². The summed E-state index contributed by atoms with van der Waals surface area (Å²) in [6, 6.07) is 4.05. The van der Waals surface area contributed by atoms with Crippen molar-refractivity contribution in [3.63, 3.8) is 0 Å². The molecule has 0 radical (unpaired) electrons. The van der Waals surface area contributed by atoms with Gasteiger partial charge >= 0.3 is 0 Å². The molecule has 1 aromatic carbocycles. The van der Waals surface area contributed by atoms with Crippen molar-refractivity contribution in [2.24, 2.45) is 5.92 Å². The largest absolute Gasteiger partial charge is 1.00 e. The zero-order valence-corrected chi connectivity index (χ0v) is 17.5. The summed E-state index contributed by atoms with van der Waals surface area (Å²) in [4.78, 5) is 0. The van der Waals surface area contributed by atoms with Crippen LogP contribution < -0.4 is 21.7 Å². The Bertz CT molecular complexity index is 852. The van der Waals surface area contributed by atoms with Crippen molar-refractivity contribution in [2.75, 3.05) is 20.1 Å². The smallest absolute Gasteiger partial charge is 0.166 e. The van der Waals surface area contributed by atoms with Gasteiger partial charge in [-0.2, -0.15) is 0 Å². The number of halogens is 1. The number of aliphatic hydroxyl groups is 1. The first-order chi connectivity index (χ1) is 12.4. The van der Waals surface area contributed by atoms with Crippen LogP contribution in [0.2, 0.25) is 0 Å². The standard InChI is InChI=1S/C22H27NO3.BrH/c1-13-7-8-22(25)17-11-15-5-6-16(24)19-18(15)21(22,20(13)26-19)9-10-23(17,2)12-14-3-4-14;/h5-6,14,17,20,25H,1,3-4,7-12H2,2H3;1H/t17-,20+,21+,22-,23?;/m1./s1. The van der Waals surface area contributed by atoms with Crippen LogP contribution in [0.1, 0.15) is 43.2 Å². The normalized spacial score (nSPS) is 43.6. The number of piperidine rings is 1. The van der Waals surface area contributed by atoms with Crippen molar-refractivity contribution in [2.45, 2.75) is 61.7 Å². The highest BCUT2D eigenvalue weighted by atomic mass is 79.9. The molecule has 1 aromatic rings. The number of likely N-dealkylation sites (N-methyl/N-ethyl adjacent to an activating group) is 1. The van der Waals surface area contributed by atoms with E-state index in [1.54, 1.807) is 6.07 Å². The number of hydrogen-bond acceptors (Lipinski definition) is 3. The number of hydrogen-bond donors (Lipinski definition) is 2. The second kappa shape index (κ2) is 5.31. The predicted molar refractivity (Wildman–Crippen MR) is 98.3 cm³/mol. The Kier molecular flexibility index (Phi) is 3.54. The lowest BCUT2D eigenvalue weighted by Gasteiger charge is -2.65. The number of phenols is 1. The first-order valence-corrected chi connectivity index (χ1v) is 10.2. The van der Waals surface area contributed by atoms with Gasteiger partial charge in [-0.05, 0) is 42.9 Å². The van der Waals surface area contributed by atoms with Crippen molar-refractivity contribution in [1.82, 2.24) is 0 Å². The molecule has 1 saturated heterocycles. The minimum Gasteiger partial charge on any atom is -1.00 e. The summed E-state index contributed by atoms with van der Waals surface area (Å²) in [5, 5.41) is 22.7. The maximum Gasteiger partial charge on any atom is 0.166 e. The first-order valence-electron chi connectivity index (χ1n) is 10.2. The van der Waals surface area contributed by atoms with E-state index >= 15 is 0 Å². The van der Waals surface area contributed by atoms with E-state index in [2.05, 4.69) is 19.7 Å². The number of quaternary nitrogens is 1. The van der Waals surface area contributed by atoms with Gasteiger partial charge in [-0.1, -0.05) is 12.6 Å². The summed E-state index contributed by atoms with van der Waals surface area (Å²) in [6.07, 6.45) is 5.88. The van der Waals surface area contributed by atoms with Crippen molar-refractivity contribution < 1.29 is 36.4 Å². The van der Waals surface area contributed by atoms with E-state index in [1.165, 1.54) is 24.9 Å². The zero-order chi connectivity index (χ0) is 17.9. The van der Waals surface area contributed by atoms with Crippen LogP contribution in [0.3, 0.4) is 0 Å². The Balaban J connectivity index is 0.00000160. The number of ether oxygens (including phenoxy) is 1. The van der Waals surface area contributed by atoms with Crippen molar-refractivity contribution in [1.29, 1.82) is 0 Å². The van der Waals surface area contributed by atoms with Gasteiger partial charge in [0.2, 0.25) is 0 Å². The Labute approximate surface area is 171 Å². The fraction of sp³-hybridized carbons (Fsp3) is 0.636. The van der Waals surface area contributed by atoms with E-state index in [-0.39, 0.29) is 34.9 Å². The molecule has 2 bridgehead atoms. The molecule has 0 amide bonds. The fourth-order valence-electron chi connectivity index (χ4n) is 7.07. The van der Waals surface area contributed by atoms with Crippen molar-refractivity contribution in [3.8, 4) is 11.5 Å². The molecular formula is C22H28BrNO3. The third-order valence-corrected chi connectivity index (χ3v) is 8.43. The molecule has 3 aliphatic carbocycles. The second-order valence-corrected chi connectivity index (χ2v) is 9.80. The third kappa shape index (κ3) is 1.96. The summed E-state index contributed by atoms with van der Waals surface area (Å²) in [7, 11) is 2.37. The summed E-state index contributed by atoms with van der Waals surface area (Å²) in [6.45, 7) is 6.57. The van der Waals surface area contributed by atoms with Crippen LogP contribution in [0.5, 0.6) is 11.5 Å². The van der Waals surface area contributed by atoms with Crippen LogP contribution in [-0.4, -0.2) is 52.6 Å². The van der Waals surface area contributed by atoms with Crippen molar-refractivity contribution in [3.05, 3.63) is 35.4 Å². The molecule has 0 aromatic heterocycles. The highest BCUT2D eigenvalue weighted by Gasteiger charge is 2.75. The van der Waals surface area contributed by atoms with E-state index in [4.69, 9.17) is 4.74 Å². The number of aromatic hydroxyl groups is 1. The van der Waals surface area contributed by atoms with Gasteiger partial charge in [-0.3, -0.25) is 0 Å². The quantitative estimate of drug-likeness (QED) is 0.495. The van der Waals surface area contributed by atoms with Crippen LogP contribution in [0.25, 0.3) is 0 Å². The molecule has 2 aliphatic heterocycles. The summed E-state index contributed by atoms with van der Waals surface area (Å²) < 4.78 is 7.32. The molecule has 2 saturated carbocycles. The number of nitrogens with zero attached hydrogens (tertiary/aromatic N) is 1. The van der Waals surface area contributed by atoms with Gasteiger partial charge in [0.05, 0.1) is 25.6 Å². The van der Waals surface area contributed by atoms with Crippen LogP contribution in [-0.2, 0) is 11.8 Å². The molecule has 5 atom stereocenters. The molecule has 5 heteroatoms. The molecule has 27 heavy (non-hydrogen) atoms. The monoisotopic (exact) mass is 433 g/mol. The van der Waals surface area contributed by atoms with Crippen LogP contribution >= 0.6 is 0 Å². The molecule has 1 spiro atoms. The van der Waals surface area contributed by atoms with Gasteiger partial charge in [0.15, 0.2) is 11.5 Å². The fourth-order valence-corrected chi connectivity index (χ4v) is 7.07. The summed E-state index contributed by atoms with van der Waals surface area (Å²) >= 11 is 0. The molecule has 1 unspecified atom stereocenters. The van der Waals surface area contributed by atoms with Crippen LogP contribution in [0.15, 0.2) is 24.3 Å². The van der Waals surface area contributed by atoms with E-state index in [9.17, 15) is 10.2 Å². The molecular weight excluding hydrogens is 406 g/mol. The van der Waals surface area contributed by atoms with Gasteiger partial charge in [0.1, 0.15) is 17.7 Å². The third-order valence-electron chi connectivity index (χ3n) is 8.43. The van der Waals surface area contributed by atoms with Gasteiger partial charge in [0, 0.05) is 24.3 Å². The lowest BCUT2D eigenvalue weighted by Crippen LogP contribution is -3.00. The van der Waals surface area contributed by atoms with Gasteiger partial charge in [-0.15, -0.1) is 0 Å². The molecule has 2 heterocycles. The lowest BCUT2D eigenvalue weighted by molar-refractivity contribution is -0.950. The summed E-state index contributed by atoms with van der Waals surface area (Å²) in [5.74, 6) is 1.66. The molecule has 2 N–H and O–H groups in total. The minimum atomic E-state index is -0.771. The highest BCUT2D eigenvalue weighted by molar-refractivity contribution is 5.63. The van der Waals surface area contributed by atoms with Gasteiger partial charge < -0.3 is 36.4 Å². The number of likely N-dealkylation sites (tertiary alicyclic amines) is 1. The maximum absolute atomic E-state index is 12.3. The average molecular weight is 434 g/mol. The second-order valence-electron chi connectivity index (χ2n) is 9.80. The molecule has 3 fully saturated rings. The Morgan fingerprint density at radius 1 is 1.30 bits per heavy atom. The Morgan fingerprint density at radius 3 is 2.81 bits per heavy atom. The van der Waals surface area contributed by atoms with Crippen molar-refractivity contribution >= 4 is 0 Å². The van der Waals surface area contributed by atoms with Gasteiger partial charge in [-0.25, -0.2) is 0 Å². The number of rotatable bonds is 2. The van der Waals surface area contributed by atoms with Crippen LogP contribution in [0.4, 0.5) is 0 Å². The average Bonchev–Trinajstić information content (AvgIpc) is 3.32.